The van der Waals surface area contributed by atoms with E-state index in [9.17, 15) is 4.79 Å². The van der Waals surface area contributed by atoms with Gasteiger partial charge in [-0.25, -0.2) is 4.98 Å². The van der Waals surface area contributed by atoms with Crippen LogP contribution in [0.15, 0.2) is 18.2 Å². The van der Waals surface area contributed by atoms with Crippen molar-refractivity contribution < 1.29 is 4.79 Å². The molecule has 0 aliphatic carbocycles. The Bertz CT molecular complexity index is 449. The van der Waals surface area contributed by atoms with Gasteiger partial charge in [0.1, 0.15) is 11.5 Å². The molecule has 110 valence electrons. The van der Waals surface area contributed by atoms with Crippen molar-refractivity contribution in [2.24, 2.45) is 0 Å². The Morgan fingerprint density at radius 1 is 1.45 bits per heavy atom. The second kappa shape index (κ2) is 7.24. The number of carbonyl (C=O) groups excluding carboxylic acids is 1. The first-order chi connectivity index (χ1) is 9.72. The number of likely N-dealkylation sites (tertiary alicyclic amines) is 1. The predicted molar refractivity (Wildman–Crippen MR) is 81.0 cm³/mol. The van der Waals surface area contributed by atoms with Gasteiger partial charge in [0.15, 0.2) is 0 Å². The first-order valence-electron chi connectivity index (χ1n) is 7.47. The number of anilines is 1. The van der Waals surface area contributed by atoms with Crippen LogP contribution in [0, 0.1) is 0 Å². The van der Waals surface area contributed by atoms with E-state index in [2.05, 4.69) is 27.4 Å². The molecule has 1 aromatic heterocycles. The molecule has 1 amide bonds. The third-order valence-corrected chi connectivity index (χ3v) is 3.63. The van der Waals surface area contributed by atoms with Gasteiger partial charge in [-0.3, -0.25) is 4.79 Å². The maximum Gasteiger partial charge on any atom is 0.270 e. The number of aromatic nitrogens is 1. The van der Waals surface area contributed by atoms with Gasteiger partial charge in [-0.2, -0.15) is 0 Å². The second-order valence-electron chi connectivity index (χ2n) is 5.14. The maximum absolute atomic E-state index is 12.2. The summed E-state index contributed by atoms with van der Waals surface area (Å²) in [7, 11) is 0. The lowest BCUT2D eigenvalue weighted by Gasteiger charge is -2.32. The van der Waals surface area contributed by atoms with E-state index in [4.69, 9.17) is 0 Å². The molecule has 5 nitrogen and oxygen atoms in total. The molecule has 1 fully saturated rings. The van der Waals surface area contributed by atoms with Crippen molar-refractivity contribution in [2.75, 3.05) is 31.5 Å². The third-order valence-electron chi connectivity index (χ3n) is 3.63. The van der Waals surface area contributed by atoms with Crippen LogP contribution in [0.4, 0.5) is 5.82 Å². The van der Waals surface area contributed by atoms with Crippen LogP contribution in [0.2, 0.25) is 0 Å². The van der Waals surface area contributed by atoms with Crippen molar-refractivity contribution >= 4 is 11.7 Å². The van der Waals surface area contributed by atoms with Crippen LogP contribution in [-0.2, 0) is 0 Å². The van der Waals surface area contributed by atoms with E-state index in [-0.39, 0.29) is 11.9 Å². The third kappa shape index (κ3) is 3.93. The highest BCUT2D eigenvalue weighted by Gasteiger charge is 2.21. The fraction of sp³-hybridized carbons (Fsp3) is 0.600. The van der Waals surface area contributed by atoms with Crippen molar-refractivity contribution in [3.63, 3.8) is 0 Å². The highest BCUT2D eigenvalue weighted by molar-refractivity contribution is 5.92. The fourth-order valence-electron chi connectivity index (χ4n) is 2.56. The molecule has 1 aliphatic rings. The van der Waals surface area contributed by atoms with Gasteiger partial charge in [-0.15, -0.1) is 0 Å². The lowest BCUT2D eigenvalue weighted by molar-refractivity contribution is 0.0901. The molecule has 5 heteroatoms. The summed E-state index contributed by atoms with van der Waals surface area (Å²) in [5, 5.41) is 6.22. The van der Waals surface area contributed by atoms with E-state index in [1.165, 1.54) is 0 Å². The zero-order valence-electron chi connectivity index (χ0n) is 12.4. The van der Waals surface area contributed by atoms with Crippen molar-refractivity contribution in [1.82, 2.24) is 15.2 Å². The zero-order valence-corrected chi connectivity index (χ0v) is 12.4. The minimum Gasteiger partial charge on any atom is -0.370 e. The number of rotatable bonds is 5. The highest BCUT2D eigenvalue weighted by Crippen LogP contribution is 2.11. The smallest absolute Gasteiger partial charge is 0.270 e. The molecule has 1 aromatic rings. The molecule has 2 N–H and O–H groups in total. The molecule has 1 atom stereocenters. The lowest BCUT2D eigenvalue weighted by atomic mass is 10.1. The number of amides is 1. The Balaban J connectivity index is 1.95. The molecule has 20 heavy (non-hydrogen) atoms. The van der Waals surface area contributed by atoms with Gasteiger partial charge in [-0.1, -0.05) is 13.0 Å². The summed E-state index contributed by atoms with van der Waals surface area (Å²) >= 11 is 0. The molecule has 1 saturated heterocycles. The van der Waals surface area contributed by atoms with E-state index in [1.807, 2.05) is 19.1 Å². The zero-order chi connectivity index (χ0) is 14.4. The standard InChI is InChI=1S/C15H24N4O/c1-3-16-14-9-5-8-13(18-14)15(20)17-12-7-6-10-19(4-2)11-12/h5,8-9,12H,3-4,6-7,10-11H2,1-2H3,(H,16,18)(H,17,20). The molecule has 1 aliphatic heterocycles. The van der Waals surface area contributed by atoms with Gasteiger partial charge in [0.05, 0.1) is 0 Å². The topological polar surface area (TPSA) is 57.3 Å². The summed E-state index contributed by atoms with van der Waals surface area (Å²) in [5.74, 6) is 0.673. The van der Waals surface area contributed by atoms with Gasteiger partial charge < -0.3 is 15.5 Å². The summed E-state index contributed by atoms with van der Waals surface area (Å²) in [6, 6.07) is 5.73. The Morgan fingerprint density at radius 2 is 2.30 bits per heavy atom. The van der Waals surface area contributed by atoms with Crippen LogP contribution < -0.4 is 10.6 Å². The summed E-state index contributed by atoms with van der Waals surface area (Å²) in [5.41, 5.74) is 0.483. The molecule has 2 heterocycles. The van der Waals surface area contributed by atoms with Crippen LogP contribution in [0.1, 0.15) is 37.2 Å². The number of hydrogen-bond acceptors (Lipinski definition) is 4. The highest BCUT2D eigenvalue weighted by atomic mass is 16.1. The number of likely N-dealkylation sites (N-methyl/N-ethyl adjacent to an activating group) is 1. The summed E-state index contributed by atoms with van der Waals surface area (Å²) in [4.78, 5) is 18.9. The van der Waals surface area contributed by atoms with Crippen LogP contribution in [0.25, 0.3) is 0 Å². The van der Waals surface area contributed by atoms with E-state index < -0.39 is 0 Å². The number of hydrogen-bond donors (Lipinski definition) is 2. The average Bonchev–Trinajstić information content (AvgIpc) is 2.48. The van der Waals surface area contributed by atoms with Gasteiger partial charge in [0, 0.05) is 19.1 Å². The van der Waals surface area contributed by atoms with Crippen molar-refractivity contribution in [3.05, 3.63) is 23.9 Å². The molecular formula is C15H24N4O. The van der Waals surface area contributed by atoms with Crippen molar-refractivity contribution in [3.8, 4) is 0 Å². The summed E-state index contributed by atoms with van der Waals surface area (Å²) in [6.45, 7) is 8.08. The molecule has 0 saturated carbocycles. The molecule has 0 bridgehead atoms. The predicted octanol–water partition coefficient (Wildman–Crippen LogP) is 1.73. The number of piperidine rings is 1. The molecule has 0 radical (unpaired) electrons. The quantitative estimate of drug-likeness (QED) is 0.860. The molecule has 0 aromatic carbocycles. The number of carbonyl (C=O) groups is 1. The van der Waals surface area contributed by atoms with Crippen LogP contribution in [0.5, 0.6) is 0 Å². The van der Waals surface area contributed by atoms with Gasteiger partial charge in [0.2, 0.25) is 0 Å². The van der Waals surface area contributed by atoms with Gasteiger partial charge in [0.25, 0.3) is 5.91 Å². The normalized spacial score (nSPS) is 19.6. The Morgan fingerprint density at radius 3 is 3.05 bits per heavy atom. The van der Waals surface area contributed by atoms with Crippen molar-refractivity contribution in [1.29, 1.82) is 0 Å². The number of nitrogens with zero attached hydrogens (tertiary/aromatic N) is 2. The first-order valence-corrected chi connectivity index (χ1v) is 7.47. The van der Waals surface area contributed by atoms with Crippen molar-refractivity contribution in [2.45, 2.75) is 32.7 Å². The summed E-state index contributed by atoms with van der Waals surface area (Å²) in [6.07, 6.45) is 2.19. The van der Waals surface area contributed by atoms with E-state index in [0.717, 1.165) is 44.8 Å². The second-order valence-corrected chi connectivity index (χ2v) is 5.14. The monoisotopic (exact) mass is 276 g/mol. The lowest BCUT2D eigenvalue weighted by Crippen LogP contribution is -2.47. The molecule has 0 spiro atoms. The summed E-state index contributed by atoms with van der Waals surface area (Å²) < 4.78 is 0. The largest absolute Gasteiger partial charge is 0.370 e. The van der Waals surface area contributed by atoms with Gasteiger partial charge >= 0.3 is 0 Å². The maximum atomic E-state index is 12.2. The van der Waals surface area contributed by atoms with E-state index in [1.54, 1.807) is 6.07 Å². The SMILES string of the molecule is CCNc1cccc(C(=O)NC2CCCN(CC)C2)n1. The molecule has 1 unspecified atom stereocenters. The molecule has 2 rings (SSSR count). The Labute approximate surface area is 120 Å². The first kappa shape index (κ1) is 14.8. The molecular weight excluding hydrogens is 252 g/mol. The minimum atomic E-state index is -0.0762. The fourth-order valence-corrected chi connectivity index (χ4v) is 2.56. The average molecular weight is 276 g/mol. The van der Waals surface area contributed by atoms with Crippen LogP contribution in [0.3, 0.4) is 0 Å². The van der Waals surface area contributed by atoms with E-state index in [0.29, 0.717) is 5.69 Å². The Kier molecular flexibility index (Phi) is 5.35. The minimum absolute atomic E-state index is 0.0762. The number of pyridine rings is 1. The van der Waals surface area contributed by atoms with Crippen LogP contribution in [-0.4, -0.2) is 48.0 Å². The Hall–Kier alpha value is -1.62. The van der Waals surface area contributed by atoms with Crippen LogP contribution >= 0.6 is 0 Å². The van der Waals surface area contributed by atoms with E-state index >= 15 is 0 Å². The number of nitrogens with one attached hydrogen (secondary N) is 2. The van der Waals surface area contributed by atoms with Gasteiger partial charge in [-0.05, 0) is 45.0 Å².